The molecular formula is C14H22BrNO3S2. The van der Waals surface area contributed by atoms with Gasteiger partial charge in [0, 0.05) is 13.2 Å². The lowest BCUT2D eigenvalue weighted by atomic mass is 9.98. The molecule has 1 fully saturated rings. The van der Waals surface area contributed by atoms with Gasteiger partial charge in [-0.05, 0) is 53.7 Å². The molecule has 2 rings (SSSR count). The zero-order chi connectivity index (χ0) is 15.3. The maximum atomic E-state index is 12.1. The molecule has 0 bridgehead atoms. The summed E-state index contributed by atoms with van der Waals surface area (Å²) >= 11 is 4.59. The molecule has 7 heteroatoms. The summed E-state index contributed by atoms with van der Waals surface area (Å²) in [7, 11) is -3.38. The lowest BCUT2D eigenvalue weighted by Gasteiger charge is -2.21. The van der Waals surface area contributed by atoms with Crippen LogP contribution in [0.25, 0.3) is 0 Å². The monoisotopic (exact) mass is 395 g/mol. The number of rotatable bonds is 7. The van der Waals surface area contributed by atoms with Gasteiger partial charge in [-0.1, -0.05) is 19.3 Å². The highest BCUT2D eigenvalue weighted by Gasteiger charge is 2.18. The van der Waals surface area contributed by atoms with Crippen molar-refractivity contribution in [2.24, 2.45) is 0 Å². The van der Waals surface area contributed by atoms with E-state index in [-0.39, 0.29) is 0 Å². The summed E-state index contributed by atoms with van der Waals surface area (Å²) in [6.07, 6.45) is 7.21. The first kappa shape index (κ1) is 17.4. The summed E-state index contributed by atoms with van der Waals surface area (Å²) in [6, 6.07) is 1.69. The Kier molecular flexibility index (Phi) is 6.68. The van der Waals surface area contributed by atoms with Crippen LogP contribution in [0.1, 0.15) is 44.1 Å². The minimum absolute atomic E-state index is 0.361. The van der Waals surface area contributed by atoms with E-state index in [4.69, 9.17) is 4.74 Å². The Balaban J connectivity index is 1.70. The van der Waals surface area contributed by atoms with E-state index in [2.05, 4.69) is 20.7 Å². The molecule has 1 aromatic heterocycles. The molecule has 1 aromatic rings. The summed E-state index contributed by atoms with van der Waals surface area (Å²) in [5.41, 5.74) is 0.945. The predicted molar refractivity (Wildman–Crippen MR) is 89.4 cm³/mol. The number of thiophene rings is 1. The maximum absolute atomic E-state index is 12.1. The molecule has 120 valence electrons. The molecule has 0 atom stereocenters. The predicted octanol–water partition coefficient (Wildman–Crippen LogP) is 3.84. The first-order valence-corrected chi connectivity index (χ1v) is 10.5. The summed E-state index contributed by atoms with van der Waals surface area (Å²) in [6.45, 7) is 2.93. The van der Waals surface area contributed by atoms with E-state index in [1.807, 2.05) is 6.92 Å². The third-order valence-electron chi connectivity index (χ3n) is 3.62. The van der Waals surface area contributed by atoms with Crippen LogP contribution in [0, 0.1) is 6.92 Å². The van der Waals surface area contributed by atoms with Crippen LogP contribution in [0.2, 0.25) is 0 Å². The Morgan fingerprint density at radius 2 is 2.10 bits per heavy atom. The van der Waals surface area contributed by atoms with Gasteiger partial charge in [0.05, 0.1) is 9.89 Å². The second-order valence-corrected chi connectivity index (χ2v) is 9.77. The van der Waals surface area contributed by atoms with E-state index < -0.39 is 10.0 Å². The number of aryl methyl sites for hydroxylation is 1. The standard InChI is InChI=1S/C14H22BrNO3S2/c1-11-10-13(20-14(11)15)21(17,18)16-8-5-9-19-12-6-3-2-4-7-12/h10,12,16H,2-9H2,1H3. The molecule has 0 aliphatic heterocycles. The quantitative estimate of drug-likeness (QED) is 0.713. The number of hydrogen-bond acceptors (Lipinski definition) is 4. The van der Waals surface area contributed by atoms with Crippen molar-refractivity contribution in [1.82, 2.24) is 4.72 Å². The van der Waals surface area contributed by atoms with E-state index in [1.165, 1.54) is 30.6 Å². The molecule has 1 N–H and O–H groups in total. The molecule has 0 radical (unpaired) electrons. The van der Waals surface area contributed by atoms with Crippen LogP contribution in [0.4, 0.5) is 0 Å². The molecule has 0 unspecified atom stereocenters. The zero-order valence-corrected chi connectivity index (χ0v) is 15.4. The van der Waals surface area contributed by atoms with E-state index in [0.29, 0.717) is 29.9 Å². The molecule has 0 aromatic carbocycles. The fraction of sp³-hybridized carbons (Fsp3) is 0.714. The van der Waals surface area contributed by atoms with Gasteiger partial charge < -0.3 is 4.74 Å². The summed E-state index contributed by atoms with van der Waals surface area (Å²) < 4.78 is 33.8. The van der Waals surface area contributed by atoms with Crippen molar-refractivity contribution in [1.29, 1.82) is 0 Å². The first-order valence-electron chi connectivity index (χ1n) is 7.36. The fourth-order valence-electron chi connectivity index (χ4n) is 2.40. The molecule has 0 saturated heterocycles. The topological polar surface area (TPSA) is 55.4 Å². The highest BCUT2D eigenvalue weighted by atomic mass is 79.9. The normalized spacial score (nSPS) is 17.2. The zero-order valence-electron chi connectivity index (χ0n) is 12.2. The van der Waals surface area contributed by atoms with Crippen molar-refractivity contribution in [3.05, 3.63) is 15.4 Å². The summed E-state index contributed by atoms with van der Waals surface area (Å²) in [5, 5.41) is 0. The lowest BCUT2D eigenvalue weighted by Crippen LogP contribution is -2.26. The second kappa shape index (κ2) is 8.06. The molecule has 0 amide bonds. The van der Waals surface area contributed by atoms with Crippen LogP contribution < -0.4 is 4.72 Å². The van der Waals surface area contributed by atoms with Gasteiger partial charge in [-0.2, -0.15) is 0 Å². The molecule has 0 spiro atoms. The number of sulfonamides is 1. The number of hydrogen-bond donors (Lipinski definition) is 1. The SMILES string of the molecule is Cc1cc(S(=O)(=O)NCCCOC2CCCCC2)sc1Br. The highest BCUT2D eigenvalue weighted by molar-refractivity contribution is 9.11. The third kappa shape index (κ3) is 5.32. The Morgan fingerprint density at radius 1 is 1.38 bits per heavy atom. The largest absolute Gasteiger partial charge is 0.378 e. The maximum Gasteiger partial charge on any atom is 0.250 e. The van der Waals surface area contributed by atoms with Crippen LogP contribution in [0.3, 0.4) is 0 Å². The minimum atomic E-state index is -3.38. The van der Waals surface area contributed by atoms with Crippen LogP contribution >= 0.6 is 27.3 Å². The second-order valence-electron chi connectivity index (χ2n) is 5.40. The Labute approximate surface area is 139 Å². The van der Waals surface area contributed by atoms with Gasteiger partial charge in [0.2, 0.25) is 10.0 Å². The van der Waals surface area contributed by atoms with Gasteiger partial charge >= 0.3 is 0 Å². The summed E-state index contributed by atoms with van der Waals surface area (Å²) in [5.74, 6) is 0. The molecule has 1 aliphatic rings. The minimum Gasteiger partial charge on any atom is -0.378 e. The van der Waals surface area contributed by atoms with Crippen LogP contribution in [-0.4, -0.2) is 27.7 Å². The number of ether oxygens (including phenoxy) is 1. The average molecular weight is 396 g/mol. The van der Waals surface area contributed by atoms with Crippen molar-refractivity contribution in [2.75, 3.05) is 13.2 Å². The van der Waals surface area contributed by atoms with Crippen molar-refractivity contribution < 1.29 is 13.2 Å². The Hall–Kier alpha value is 0.0500. The Bertz CT molecular complexity index is 531. The molecule has 1 heterocycles. The molecular weight excluding hydrogens is 374 g/mol. The van der Waals surface area contributed by atoms with Crippen molar-refractivity contribution in [2.45, 2.75) is 55.8 Å². The fourth-order valence-corrected chi connectivity index (χ4v) is 5.74. The van der Waals surface area contributed by atoms with Crippen molar-refractivity contribution >= 4 is 37.3 Å². The van der Waals surface area contributed by atoms with E-state index in [9.17, 15) is 8.42 Å². The molecule has 1 saturated carbocycles. The smallest absolute Gasteiger partial charge is 0.250 e. The van der Waals surface area contributed by atoms with Crippen LogP contribution in [-0.2, 0) is 14.8 Å². The third-order valence-corrected chi connectivity index (χ3v) is 7.69. The summed E-state index contributed by atoms with van der Waals surface area (Å²) in [4.78, 5) is 0. The van der Waals surface area contributed by atoms with Gasteiger partial charge in [-0.25, -0.2) is 13.1 Å². The van der Waals surface area contributed by atoms with Crippen molar-refractivity contribution in [3.8, 4) is 0 Å². The highest BCUT2D eigenvalue weighted by Crippen LogP contribution is 2.30. The Morgan fingerprint density at radius 3 is 2.71 bits per heavy atom. The van der Waals surface area contributed by atoms with Crippen LogP contribution in [0.15, 0.2) is 14.1 Å². The average Bonchev–Trinajstić information content (AvgIpc) is 2.80. The van der Waals surface area contributed by atoms with Gasteiger partial charge in [0.15, 0.2) is 0 Å². The first-order chi connectivity index (χ1) is 9.99. The van der Waals surface area contributed by atoms with Gasteiger partial charge in [-0.15, -0.1) is 11.3 Å². The van der Waals surface area contributed by atoms with Crippen molar-refractivity contribution in [3.63, 3.8) is 0 Å². The lowest BCUT2D eigenvalue weighted by molar-refractivity contribution is 0.0278. The van der Waals surface area contributed by atoms with E-state index in [0.717, 1.165) is 22.2 Å². The van der Waals surface area contributed by atoms with Gasteiger partial charge in [0.1, 0.15) is 4.21 Å². The van der Waals surface area contributed by atoms with Crippen LogP contribution in [0.5, 0.6) is 0 Å². The number of halogens is 1. The molecule has 1 aliphatic carbocycles. The van der Waals surface area contributed by atoms with Gasteiger partial charge in [-0.3, -0.25) is 0 Å². The van der Waals surface area contributed by atoms with E-state index in [1.54, 1.807) is 6.07 Å². The molecule has 21 heavy (non-hydrogen) atoms. The molecule has 4 nitrogen and oxygen atoms in total. The number of nitrogens with one attached hydrogen (secondary N) is 1. The van der Waals surface area contributed by atoms with Gasteiger partial charge in [0.25, 0.3) is 0 Å². The van der Waals surface area contributed by atoms with E-state index >= 15 is 0 Å².